The van der Waals surface area contributed by atoms with Crippen molar-refractivity contribution in [3.8, 4) is 0 Å². The van der Waals surface area contributed by atoms with Gasteiger partial charge in [0, 0.05) is 37.5 Å². The highest BCUT2D eigenvalue weighted by atomic mass is 16.6. The summed E-state index contributed by atoms with van der Waals surface area (Å²) < 4.78 is 11.8. The molecule has 36 heavy (non-hydrogen) atoms. The topological polar surface area (TPSA) is 55.8 Å². The van der Waals surface area contributed by atoms with Crippen LogP contribution in [0.2, 0.25) is 0 Å². The van der Waals surface area contributed by atoms with E-state index in [1.54, 1.807) is 7.11 Å². The predicted molar refractivity (Wildman–Crippen MR) is 141 cm³/mol. The Morgan fingerprint density at radius 1 is 1.25 bits per heavy atom. The molecular formula is C31H41NO4. The van der Waals surface area contributed by atoms with Crippen LogP contribution in [0, 0.1) is 22.7 Å². The zero-order chi connectivity index (χ0) is 26.0. The maximum Gasteiger partial charge on any atom is 0.340 e. The van der Waals surface area contributed by atoms with Crippen LogP contribution in [0.25, 0.3) is 0 Å². The molecule has 5 unspecified atom stereocenters. The number of likely N-dealkylation sites (tertiary alicyclic amines) is 1. The summed E-state index contributed by atoms with van der Waals surface area (Å²) >= 11 is 0. The molecular weight excluding hydrogens is 450 g/mol. The maximum absolute atomic E-state index is 14.3. The number of nitrogens with zero attached hydrogens (tertiary/aromatic N) is 1. The number of allylic oxidation sites excluding steroid dienone is 4. The van der Waals surface area contributed by atoms with Crippen molar-refractivity contribution in [1.82, 2.24) is 4.90 Å². The Hall–Kier alpha value is -2.40. The van der Waals surface area contributed by atoms with Crippen LogP contribution in [0.1, 0.15) is 66.2 Å². The van der Waals surface area contributed by atoms with Gasteiger partial charge in [-0.2, -0.15) is 0 Å². The molecule has 5 atom stereocenters. The Labute approximate surface area is 216 Å². The van der Waals surface area contributed by atoms with E-state index in [9.17, 15) is 9.59 Å². The largest absolute Gasteiger partial charge is 0.455 e. The maximum atomic E-state index is 14.3. The van der Waals surface area contributed by atoms with Gasteiger partial charge >= 0.3 is 5.97 Å². The Kier molecular flexibility index (Phi) is 6.22. The first-order chi connectivity index (χ1) is 17.0. The van der Waals surface area contributed by atoms with Gasteiger partial charge in [-0.15, -0.1) is 6.58 Å². The fourth-order valence-electron chi connectivity index (χ4n) is 8.11. The minimum absolute atomic E-state index is 0.0981. The fourth-order valence-corrected chi connectivity index (χ4v) is 8.11. The van der Waals surface area contributed by atoms with Crippen molar-refractivity contribution in [2.45, 2.75) is 72.3 Å². The van der Waals surface area contributed by atoms with Gasteiger partial charge in [-0.25, -0.2) is 4.79 Å². The molecule has 0 N–H and O–H groups in total. The molecule has 0 aromatic rings. The molecule has 0 aromatic heterocycles. The molecule has 0 radical (unpaired) electrons. The summed E-state index contributed by atoms with van der Waals surface area (Å²) in [4.78, 5) is 30.0. The van der Waals surface area contributed by atoms with Gasteiger partial charge in [-0.05, 0) is 87.7 Å². The number of methoxy groups -OCH3 is 1. The van der Waals surface area contributed by atoms with Crippen molar-refractivity contribution < 1.29 is 19.1 Å². The second-order valence-corrected chi connectivity index (χ2v) is 12.2. The van der Waals surface area contributed by atoms with Gasteiger partial charge < -0.3 is 14.4 Å². The van der Waals surface area contributed by atoms with E-state index in [2.05, 4.69) is 38.8 Å². The van der Waals surface area contributed by atoms with Crippen LogP contribution < -0.4 is 0 Å². The third-order valence-electron chi connectivity index (χ3n) is 9.82. The highest BCUT2D eigenvalue weighted by molar-refractivity contribution is 6.14. The third kappa shape index (κ3) is 3.53. The van der Waals surface area contributed by atoms with E-state index >= 15 is 0 Å². The molecule has 5 nitrogen and oxygen atoms in total. The summed E-state index contributed by atoms with van der Waals surface area (Å²) in [5.41, 5.74) is 5.83. The van der Waals surface area contributed by atoms with Crippen molar-refractivity contribution in [3.63, 3.8) is 0 Å². The molecule has 2 saturated heterocycles. The molecule has 0 aromatic carbocycles. The summed E-state index contributed by atoms with van der Waals surface area (Å²) in [5, 5.41) is 0. The Morgan fingerprint density at radius 3 is 2.58 bits per heavy atom. The lowest BCUT2D eigenvalue weighted by Crippen LogP contribution is -2.54. The number of ketones is 1. The fraction of sp³-hybridized carbons (Fsp3) is 0.613. The van der Waals surface area contributed by atoms with Crippen molar-refractivity contribution in [3.05, 3.63) is 58.4 Å². The number of ether oxygens (including phenoxy) is 2. The average Bonchev–Trinajstić information content (AvgIpc) is 3.42. The molecule has 5 aliphatic rings. The van der Waals surface area contributed by atoms with E-state index in [0.29, 0.717) is 11.1 Å². The van der Waals surface area contributed by atoms with E-state index in [1.807, 2.05) is 13.1 Å². The molecule has 0 bridgehead atoms. The summed E-state index contributed by atoms with van der Waals surface area (Å²) in [6.45, 7) is 19.3. The second-order valence-electron chi connectivity index (χ2n) is 12.2. The Balaban J connectivity index is 1.77. The first kappa shape index (κ1) is 25.3. The molecule has 2 heterocycles. The molecule has 2 aliphatic heterocycles. The minimum Gasteiger partial charge on any atom is -0.455 e. The first-order valence-corrected chi connectivity index (χ1v) is 13.5. The summed E-state index contributed by atoms with van der Waals surface area (Å²) in [6, 6.07) is 0. The van der Waals surface area contributed by atoms with E-state index in [4.69, 9.17) is 9.47 Å². The smallest absolute Gasteiger partial charge is 0.340 e. The predicted octanol–water partition coefficient (Wildman–Crippen LogP) is 5.70. The molecule has 3 aliphatic carbocycles. The molecule has 5 heteroatoms. The lowest BCUT2D eigenvalue weighted by Gasteiger charge is -2.55. The lowest BCUT2D eigenvalue weighted by molar-refractivity contribution is -0.156. The first-order valence-electron chi connectivity index (χ1n) is 13.5. The van der Waals surface area contributed by atoms with E-state index < -0.39 is 11.5 Å². The van der Waals surface area contributed by atoms with Crippen LogP contribution in [-0.2, 0) is 19.1 Å². The number of carbonyl (C=O) groups excluding carboxylic acids is 2. The average molecular weight is 492 g/mol. The molecule has 0 spiro atoms. The van der Waals surface area contributed by atoms with Gasteiger partial charge in [-0.1, -0.05) is 24.6 Å². The van der Waals surface area contributed by atoms with Gasteiger partial charge in [0.05, 0.1) is 17.6 Å². The van der Waals surface area contributed by atoms with Crippen molar-refractivity contribution in [1.29, 1.82) is 0 Å². The highest BCUT2D eigenvalue weighted by Gasteiger charge is 2.61. The van der Waals surface area contributed by atoms with Crippen molar-refractivity contribution in [2.24, 2.45) is 22.7 Å². The summed E-state index contributed by atoms with van der Waals surface area (Å²) in [6.07, 6.45) is 7.34. The number of hydrogen-bond acceptors (Lipinski definition) is 5. The molecule has 3 fully saturated rings. The van der Waals surface area contributed by atoms with E-state index in [0.717, 1.165) is 73.9 Å². The SMILES string of the molecule is C=C(C)CC1CC2(C)C(=C)CCC2C2=C1C1(C)C(=C(C)C2=O)/C(=C\N2CCCC2)C(=O)OC1COC. The number of cyclic esters (lactones) is 1. The molecule has 194 valence electrons. The summed E-state index contributed by atoms with van der Waals surface area (Å²) in [5.74, 6) is 0.0378. The van der Waals surface area contributed by atoms with Gasteiger partial charge in [-0.3, -0.25) is 4.79 Å². The Morgan fingerprint density at radius 2 is 1.94 bits per heavy atom. The van der Waals surface area contributed by atoms with Crippen molar-refractivity contribution in [2.75, 3.05) is 26.8 Å². The minimum atomic E-state index is -0.631. The monoisotopic (exact) mass is 491 g/mol. The molecule has 5 rings (SSSR count). The van der Waals surface area contributed by atoms with Gasteiger partial charge in [0.2, 0.25) is 0 Å². The number of rotatable bonds is 5. The second kappa shape index (κ2) is 8.86. The number of carbonyl (C=O) groups is 2. The van der Waals surface area contributed by atoms with Crippen LogP contribution in [0.5, 0.6) is 0 Å². The standard InChI is InChI=1S/C31H41NO4/c1-18(2)14-21-15-30(5)19(3)10-11-23(30)25-27(21)31(6)24(17-35-7)36-29(34)22(16-32-12-8-9-13-32)26(31)20(4)28(25)33/h16,21,23-24H,1,3,8-15,17H2,2,4-7H3/b22-16+. The van der Waals surface area contributed by atoms with Crippen molar-refractivity contribution >= 4 is 11.8 Å². The van der Waals surface area contributed by atoms with Crippen LogP contribution in [0.4, 0.5) is 0 Å². The third-order valence-corrected chi connectivity index (χ3v) is 9.82. The van der Waals surface area contributed by atoms with E-state index in [-0.39, 0.29) is 35.6 Å². The number of Topliss-reactive ketones (excluding diaryl/α,β-unsaturated/α-hetero) is 1. The van der Waals surface area contributed by atoms with Gasteiger partial charge in [0.15, 0.2) is 5.78 Å². The van der Waals surface area contributed by atoms with Gasteiger partial charge in [0.1, 0.15) is 6.10 Å². The Bertz CT molecular complexity index is 1130. The number of hydrogen-bond donors (Lipinski definition) is 0. The van der Waals surface area contributed by atoms with Crippen LogP contribution >= 0.6 is 0 Å². The van der Waals surface area contributed by atoms with Crippen LogP contribution in [-0.4, -0.2) is 49.6 Å². The van der Waals surface area contributed by atoms with Gasteiger partial charge in [0.25, 0.3) is 0 Å². The van der Waals surface area contributed by atoms with E-state index in [1.165, 1.54) is 5.57 Å². The van der Waals surface area contributed by atoms with Crippen LogP contribution in [0.15, 0.2) is 58.4 Å². The number of fused-ring (bicyclic) bond motifs is 4. The normalized spacial score (nSPS) is 37.4. The summed E-state index contributed by atoms with van der Waals surface area (Å²) in [7, 11) is 1.65. The number of esters is 1. The highest BCUT2D eigenvalue weighted by Crippen LogP contribution is 2.66. The molecule has 1 saturated carbocycles. The van der Waals surface area contributed by atoms with Crippen LogP contribution in [0.3, 0.4) is 0 Å². The zero-order valence-electron chi connectivity index (χ0n) is 22.7. The lowest BCUT2D eigenvalue weighted by atomic mass is 9.50. The molecule has 0 amide bonds. The quantitative estimate of drug-likeness (QED) is 0.281. The zero-order valence-corrected chi connectivity index (χ0v) is 22.7.